The van der Waals surface area contributed by atoms with E-state index in [9.17, 15) is 18.0 Å². The summed E-state index contributed by atoms with van der Waals surface area (Å²) in [4.78, 5) is 24.3. The summed E-state index contributed by atoms with van der Waals surface area (Å²) < 4.78 is 24.5. The average Bonchev–Trinajstić information content (AvgIpc) is 2.75. The number of nitrogens with one attached hydrogen (secondary N) is 2. The highest BCUT2D eigenvalue weighted by Gasteiger charge is 2.15. The number of anilines is 1. The van der Waals surface area contributed by atoms with Crippen molar-refractivity contribution in [3.63, 3.8) is 0 Å². The summed E-state index contributed by atoms with van der Waals surface area (Å²) >= 11 is 3.33. The fourth-order valence-electron chi connectivity index (χ4n) is 2.90. The number of halogens is 1. The fraction of sp³-hybridized carbons (Fsp3) is 0.0909. The number of amides is 2. The van der Waals surface area contributed by atoms with Crippen LogP contribution in [-0.2, 0) is 14.8 Å². The number of hydrogen-bond donors (Lipinski definition) is 3. The van der Waals surface area contributed by atoms with E-state index in [0.29, 0.717) is 22.4 Å². The van der Waals surface area contributed by atoms with Gasteiger partial charge in [-0.1, -0.05) is 46.3 Å². The summed E-state index contributed by atoms with van der Waals surface area (Å²) in [6, 6.07) is 20.1. The first-order chi connectivity index (χ1) is 14.7. The molecule has 0 spiro atoms. The van der Waals surface area contributed by atoms with E-state index in [2.05, 4.69) is 26.6 Å². The smallest absolute Gasteiger partial charge is 0.251 e. The minimum Gasteiger partial charge on any atom is -0.352 e. The minimum atomic E-state index is -3.87. The van der Waals surface area contributed by atoms with Crippen molar-refractivity contribution < 1.29 is 18.0 Å². The lowest BCUT2D eigenvalue weighted by Crippen LogP contribution is -2.27. The van der Waals surface area contributed by atoms with Gasteiger partial charge in [0.05, 0.1) is 4.90 Å². The number of carbonyl (C=O) groups is 2. The van der Waals surface area contributed by atoms with E-state index in [1.54, 1.807) is 54.6 Å². The topological polar surface area (TPSA) is 118 Å². The molecular formula is C22H20BrN3O4S. The lowest BCUT2D eigenvalue weighted by molar-refractivity contribution is -0.116. The molecule has 160 valence electrons. The van der Waals surface area contributed by atoms with E-state index < -0.39 is 10.0 Å². The third kappa shape index (κ3) is 6.24. The van der Waals surface area contributed by atoms with Gasteiger partial charge >= 0.3 is 0 Å². The van der Waals surface area contributed by atoms with Gasteiger partial charge in [-0.25, -0.2) is 13.6 Å². The largest absolute Gasteiger partial charge is 0.352 e. The fourth-order valence-corrected chi connectivity index (χ4v) is 3.93. The molecule has 4 N–H and O–H groups in total. The Morgan fingerprint density at radius 3 is 2.19 bits per heavy atom. The maximum Gasteiger partial charge on any atom is 0.251 e. The Morgan fingerprint density at radius 2 is 1.55 bits per heavy atom. The number of primary sulfonamides is 1. The van der Waals surface area contributed by atoms with Crippen LogP contribution in [0.1, 0.15) is 16.8 Å². The van der Waals surface area contributed by atoms with Gasteiger partial charge in [0.25, 0.3) is 5.91 Å². The summed E-state index contributed by atoms with van der Waals surface area (Å²) in [5.74, 6) is -0.541. The first-order valence-corrected chi connectivity index (χ1v) is 11.6. The quantitative estimate of drug-likeness (QED) is 0.458. The van der Waals surface area contributed by atoms with Crippen molar-refractivity contribution in [1.29, 1.82) is 0 Å². The number of nitrogens with two attached hydrogens (primary N) is 1. The molecule has 0 radical (unpaired) electrons. The van der Waals surface area contributed by atoms with Gasteiger partial charge in [0.15, 0.2) is 0 Å². The maximum atomic E-state index is 12.3. The van der Waals surface area contributed by atoms with Gasteiger partial charge in [-0.3, -0.25) is 9.59 Å². The van der Waals surface area contributed by atoms with Crippen molar-refractivity contribution in [2.45, 2.75) is 11.3 Å². The highest BCUT2D eigenvalue weighted by Crippen LogP contribution is 2.26. The molecule has 0 aliphatic carbocycles. The van der Waals surface area contributed by atoms with Gasteiger partial charge in [-0.2, -0.15) is 0 Å². The van der Waals surface area contributed by atoms with E-state index in [1.807, 2.05) is 12.1 Å². The van der Waals surface area contributed by atoms with Crippen LogP contribution in [0.4, 0.5) is 5.69 Å². The standard InChI is InChI=1S/C22H20BrN3O4S/c23-17-9-11-18(12-10-17)26-21(27)13-14-25-22(28)16-7-5-15(6-8-16)19-3-1-2-4-20(19)31(24,29)30/h1-12H,13-14H2,(H,25,28)(H,26,27)(H2,24,29,30). The van der Waals surface area contributed by atoms with Gasteiger partial charge in [0.1, 0.15) is 0 Å². The Labute approximate surface area is 188 Å². The van der Waals surface area contributed by atoms with E-state index in [1.165, 1.54) is 6.07 Å². The second kappa shape index (κ2) is 9.86. The molecule has 7 nitrogen and oxygen atoms in total. The Balaban J connectivity index is 1.57. The molecule has 0 heterocycles. The predicted molar refractivity (Wildman–Crippen MR) is 123 cm³/mol. The normalized spacial score (nSPS) is 11.0. The average molecular weight is 502 g/mol. The van der Waals surface area contributed by atoms with Crippen LogP contribution in [0.2, 0.25) is 0 Å². The van der Waals surface area contributed by atoms with Crippen LogP contribution in [0.5, 0.6) is 0 Å². The van der Waals surface area contributed by atoms with Gasteiger partial charge < -0.3 is 10.6 Å². The molecule has 0 atom stereocenters. The molecule has 3 rings (SSSR count). The minimum absolute atomic E-state index is 0.0176. The number of sulfonamides is 1. The Morgan fingerprint density at radius 1 is 0.903 bits per heavy atom. The molecular weight excluding hydrogens is 482 g/mol. The monoisotopic (exact) mass is 501 g/mol. The van der Waals surface area contributed by atoms with Gasteiger partial charge in [-0.15, -0.1) is 0 Å². The second-order valence-corrected chi connectivity index (χ2v) is 9.13. The van der Waals surface area contributed by atoms with Crippen LogP contribution in [0.15, 0.2) is 82.2 Å². The number of carbonyl (C=O) groups excluding carboxylic acids is 2. The molecule has 0 fully saturated rings. The third-order valence-electron chi connectivity index (χ3n) is 4.42. The summed E-state index contributed by atoms with van der Waals surface area (Å²) in [5, 5.41) is 10.7. The highest BCUT2D eigenvalue weighted by molar-refractivity contribution is 9.10. The number of benzene rings is 3. The molecule has 0 saturated carbocycles. The lowest BCUT2D eigenvalue weighted by atomic mass is 10.0. The van der Waals surface area contributed by atoms with Crippen LogP contribution < -0.4 is 15.8 Å². The third-order valence-corrected chi connectivity index (χ3v) is 5.91. The molecule has 0 aromatic heterocycles. The molecule has 31 heavy (non-hydrogen) atoms. The Hall–Kier alpha value is -3.01. The van der Waals surface area contributed by atoms with Crippen molar-refractivity contribution in [3.8, 4) is 11.1 Å². The first-order valence-electron chi connectivity index (χ1n) is 9.30. The lowest BCUT2D eigenvalue weighted by Gasteiger charge is -2.09. The zero-order chi connectivity index (χ0) is 22.4. The maximum absolute atomic E-state index is 12.3. The zero-order valence-electron chi connectivity index (χ0n) is 16.3. The van der Waals surface area contributed by atoms with Crippen molar-refractivity contribution >= 4 is 43.5 Å². The molecule has 0 saturated heterocycles. The van der Waals surface area contributed by atoms with Gasteiger partial charge in [0.2, 0.25) is 15.9 Å². The summed E-state index contributed by atoms with van der Waals surface area (Å²) in [5.41, 5.74) is 2.15. The molecule has 2 amide bonds. The molecule has 9 heteroatoms. The summed E-state index contributed by atoms with van der Waals surface area (Å²) in [7, 11) is -3.87. The molecule has 0 aliphatic heterocycles. The first kappa shape index (κ1) is 22.7. The molecule has 0 unspecified atom stereocenters. The number of hydrogen-bond acceptors (Lipinski definition) is 4. The van der Waals surface area contributed by atoms with Crippen LogP contribution in [0.3, 0.4) is 0 Å². The van der Waals surface area contributed by atoms with Crippen LogP contribution in [-0.4, -0.2) is 26.8 Å². The van der Waals surface area contributed by atoms with Crippen molar-refractivity contribution in [1.82, 2.24) is 5.32 Å². The zero-order valence-corrected chi connectivity index (χ0v) is 18.7. The van der Waals surface area contributed by atoms with E-state index in [4.69, 9.17) is 5.14 Å². The van der Waals surface area contributed by atoms with E-state index in [-0.39, 0.29) is 29.7 Å². The van der Waals surface area contributed by atoms with E-state index >= 15 is 0 Å². The van der Waals surface area contributed by atoms with Crippen LogP contribution in [0, 0.1) is 0 Å². The molecule has 3 aromatic rings. The van der Waals surface area contributed by atoms with Crippen molar-refractivity contribution in [2.75, 3.05) is 11.9 Å². The Kier molecular flexibility index (Phi) is 7.21. The molecule has 3 aromatic carbocycles. The van der Waals surface area contributed by atoms with E-state index in [0.717, 1.165) is 4.47 Å². The number of rotatable bonds is 7. The van der Waals surface area contributed by atoms with Crippen molar-refractivity contribution in [3.05, 3.63) is 82.8 Å². The predicted octanol–water partition coefficient (Wildman–Crippen LogP) is 3.52. The Bertz CT molecular complexity index is 1190. The van der Waals surface area contributed by atoms with Crippen molar-refractivity contribution in [2.24, 2.45) is 5.14 Å². The SMILES string of the molecule is NS(=O)(=O)c1ccccc1-c1ccc(C(=O)NCCC(=O)Nc2ccc(Br)cc2)cc1. The van der Waals surface area contributed by atoms with Crippen LogP contribution in [0.25, 0.3) is 11.1 Å². The van der Waals surface area contributed by atoms with Gasteiger partial charge in [0, 0.05) is 34.3 Å². The molecule has 0 bridgehead atoms. The van der Waals surface area contributed by atoms with Crippen LogP contribution >= 0.6 is 15.9 Å². The highest BCUT2D eigenvalue weighted by atomic mass is 79.9. The summed E-state index contributed by atoms with van der Waals surface area (Å²) in [6.45, 7) is 0.178. The second-order valence-electron chi connectivity index (χ2n) is 6.68. The molecule has 0 aliphatic rings. The summed E-state index contributed by atoms with van der Waals surface area (Å²) in [6.07, 6.45) is 0.127. The van der Waals surface area contributed by atoms with Gasteiger partial charge in [-0.05, 0) is 48.0 Å².